The van der Waals surface area contributed by atoms with Crippen molar-refractivity contribution >= 4 is 17.6 Å². The van der Waals surface area contributed by atoms with E-state index in [1.807, 2.05) is 20.8 Å². The fourth-order valence-electron chi connectivity index (χ4n) is 2.44. The summed E-state index contributed by atoms with van der Waals surface area (Å²) in [7, 11) is 0. The summed E-state index contributed by atoms with van der Waals surface area (Å²) in [5, 5.41) is 13.6. The molecule has 1 heterocycles. The molecule has 0 saturated heterocycles. The number of carbonyl (C=O) groups excluding carboxylic acids is 1. The zero-order valence-electron chi connectivity index (χ0n) is 13.2. The number of ether oxygens (including phenoxy) is 1. The highest BCUT2D eigenvalue weighted by Gasteiger charge is 2.26. The SMILES string of the molecule is CC(C)(C)OC(=O)C1=C(C2=C(O)CCCC2)NC(Cl)=CC=C1. The van der Waals surface area contributed by atoms with Gasteiger partial charge in [-0.1, -0.05) is 17.7 Å². The lowest BCUT2D eigenvalue weighted by molar-refractivity contribution is -0.149. The molecule has 2 aliphatic rings. The fourth-order valence-corrected chi connectivity index (χ4v) is 2.61. The molecule has 0 bridgehead atoms. The van der Waals surface area contributed by atoms with E-state index in [1.165, 1.54) is 0 Å². The third-order valence-electron chi connectivity index (χ3n) is 3.38. The number of nitrogens with one attached hydrogen (secondary N) is 1. The molecule has 22 heavy (non-hydrogen) atoms. The molecule has 0 radical (unpaired) electrons. The number of halogens is 1. The van der Waals surface area contributed by atoms with Crippen LogP contribution in [0.2, 0.25) is 0 Å². The maximum Gasteiger partial charge on any atom is 0.340 e. The van der Waals surface area contributed by atoms with E-state index in [4.69, 9.17) is 16.3 Å². The van der Waals surface area contributed by atoms with Crippen LogP contribution < -0.4 is 5.32 Å². The molecule has 1 aliphatic carbocycles. The largest absolute Gasteiger partial charge is 0.512 e. The van der Waals surface area contributed by atoms with Gasteiger partial charge in [-0.05, 0) is 52.2 Å². The number of carbonyl (C=O) groups is 1. The molecule has 0 aromatic rings. The number of hydrogen-bond donors (Lipinski definition) is 2. The minimum atomic E-state index is -0.588. The zero-order chi connectivity index (χ0) is 16.3. The molecule has 2 rings (SSSR count). The Bertz CT molecular complexity index is 592. The van der Waals surface area contributed by atoms with Crippen LogP contribution in [-0.4, -0.2) is 16.7 Å². The second-order valence-electron chi connectivity index (χ2n) is 6.42. The van der Waals surface area contributed by atoms with Gasteiger partial charge in [0.05, 0.1) is 17.0 Å². The average molecular weight is 324 g/mol. The Morgan fingerprint density at radius 3 is 2.64 bits per heavy atom. The summed E-state index contributed by atoms with van der Waals surface area (Å²) in [6, 6.07) is 0. The van der Waals surface area contributed by atoms with Gasteiger partial charge < -0.3 is 15.2 Å². The summed E-state index contributed by atoms with van der Waals surface area (Å²) in [5.41, 5.74) is 1.08. The van der Waals surface area contributed by atoms with Crippen LogP contribution in [0, 0.1) is 0 Å². The van der Waals surface area contributed by atoms with Crippen molar-refractivity contribution in [3.05, 3.63) is 46.0 Å². The van der Waals surface area contributed by atoms with Gasteiger partial charge in [0, 0.05) is 12.0 Å². The molecule has 4 nitrogen and oxygen atoms in total. The van der Waals surface area contributed by atoms with Gasteiger partial charge in [-0.15, -0.1) is 0 Å². The molecule has 0 amide bonds. The monoisotopic (exact) mass is 323 g/mol. The number of aliphatic hydroxyl groups excluding tert-OH is 1. The summed E-state index contributed by atoms with van der Waals surface area (Å²) >= 11 is 6.09. The maximum absolute atomic E-state index is 12.5. The van der Waals surface area contributed by atoms with Crippen molar-refractivity contribution < 1.29 is 14.6 Å². The van der Waals surface area contributed by atoms with E-state index in [0.717, 1.165) is 18.4 Å². The lowest BCUT2D eigenvalue weighted by atomic mass is 9.93. The Morgan fingerprint density at radius 1 is 1.32 bits per heavy atom. The van der Waals surface area contributed by atoms with Crippen molar-refractivity contribution in [3.63, 3.8) is 0 Å². The van der Waals surface area contributed by atoms with Crippen molar-refractivity contribution in [1.29, 1.82) is 0 Å². The molecule has 0 unspecified atom stereocenters. The lowest BCUT2D eigenvalue weighted by Gasteiger charge is -2.24. The highest BCUT2D eigenvalue weighted by atomic mass is 35.5. The van der Waals surface area contributed by atoms with Crippen molar-refractivity contribution in [2.45, 2.75) is 52.1 Å². The predicted molar refractivity (Wildman–Crippen MR) is 87.2 cm³/mol. The van der Waals surface area contributed by atoms with Crippen molar-refractivity contribution in [1.82, 2.24) is 5.32 Å². The van der Waals surface area contributed by atoms with Crippen LogP contribution >= 0.6 is 11.6 Å². The minimum Gasteiger partial charge on any atom is -0.512 e. The number of esters is 1. The number of hydrogen-bond acceptors (Lipinski definition) is 4. The Kier molecular flexibility index (Phi) is 5.01. The first-order chi connectivity index (χ1) is 10.3. The zero-order valence-corrected chi connectivity index (χ0v) is 14.0. The first-order valence-corrected chi connectivity index (χ1v) is 7.85. The van der Waals surface area contributed by atoms with Gasteiger partial charge in [-0.25, -0.2) is 4.79 Å². The molecular weight excluding hydrogens is 302 g/mol. The molecule has 0 spiro atoms. The third-order valence-corrected chi connectivity index (χ3v) is 3.60. The molecule has 5 heteroatoms. The molecule has 0 atom stereocenters. The normalized spacial score (nSPS) is 19.5. The van der Waals surface area contributed by atoms with Crippen molar-refractivity contribution in [3.8, 4) is 0 Å². The van der Waals surface area contributed by atoms with E-state index in [-0.39, 0.29) is 0 Å². The second-order valence-corrected chi connectivity index (χ2v) is 6.83. The first-order valence-electron chi connectivity index (χ1n) is 7.48. The second kappa shape index (κ2) is 6.61. The van der Waals surface area contributed by atoms with E-state index in [2.05, 4.69) is 5.32 Å². The standard InChI is InChI=1S/C17H22ClNO3/c1-17(2,3)22-16(21)12-8-6-10-14(18)19-15(12)11-7-4-5-9-13(11)20/h6,8,10,19-20H,4-5,7,9H2,1-3H3. The molecule has 2 N–H and O–H groups in total. The summed E-state index contributed by atoms with van der Waals surface area (Å²) in [6.07, 6.45) is 8.27. The molecule has 0 aromatic heterocycles. The van der Waals surface area contributed by atoms with Crippen LogP contribution in [0.25, 0.3) is 0 Å². The predicted octanol–water partition coefficient (Wildman–Crippen LogP) is 4.21. The molecular formula is C17H22ClNO3. The molecule has 120 valence electrons. The van der Waals surface area contributed by atoms with Gasteiger partial charge in [0.1, 0.15) is 10.8 Å². The molecule has 0 fully saturated rings. The maximum atomic E-state index is 12.5. The van der Waals surface area contributed by atoms with E-state index >= 15 is 0 Å². The van der Waals surface area contributed by atoms with Crippen molar-refractivity contribution in [2.75, 3.05) is 0 Å². The van der Waals surface area contributed by atoms with Gasteiger partial charge >= 0.3 is 5.97 Å². The fraction of sp³-hybridized carbons (Fsp3) is 0.471. The Balaban J connectivity index is 2.46. The van der Waals surface area contributed by atoms with Gasteiger partial charge in [0.2, 0.25) is 0 Å². The van der Waals surface area contributed by atoms with Crippen LogP contribution in [-0.2, 0) is 9.53 Å². The Hall–Kier alpha value is -1.68. The van der Waals surface area contributed by atoms with Crippen LogP contribution in [0.3, 0.4) is 0 Å². The first kappa shape index (κ1) is 16.7. The third kappa shape index (κ3) is 4.17. The average Bonchev–Trinajstić information content (AvgIpc) is 2.59. The Labute approximate surface area is 136 Å². The van der Waals surface area contributed by atoms with E-state index in [0.29, 0.717) is 35.0 Å². The number of rotatable bonds is 2. The van der Waals surface area contributed by atoms with E-state index in [9.17, 15) is 9.90 Å². The van der Waals surface area contributed by atoms with Gasteiger partial charge in [-0.2, -0.15) is 0 Å². The topological polar surface area (TPSA) is 58.6 Å². The summed E-state index contributed by atoms with van der Waals surface area (Å²) in [4.78, 5) is 12.5. The van der Waals surface area contributed by atoms with Crippen LogP contribution in [0.4, 0.5) is 0 Å². The Morgan fingerprint density at radius 2 is 2.00 bits per heavy atom. The van der Waals surface area contributed by atoms with E-state index in [1.54, 1.807) is 18.2 Å². The highest BCUT2D eigenvalue weighted by molar-refractivity contribution is 6.29. The summed E-state index contributed by atoms with van der Waals surface area (Å²) in [6.45, 7) is 5.46. The van der Waals surface area contributed by atoms with Gasteiger partial charge in [0.25, 0.3) is 0 Å². The lowest BCUT2D eigenvalue weighted by Crippen LogP contribution is -2.27. The van der Waals surface area contributed by atoms with Crippen LogP contribution in [0.5, 0.6) is 0 Å². The van der Waals surface area contributed by atoms with Crippen LogP contribution in [0.15, 0.2) is 46.0 Å². The van der Waals surface area contributed by atoms with Crippen LogP contribution in [0.1, 0.15) is 46.5 Å². The molecule has 1 aliphatic heterocycles. The quantitative estimate of drug-likeness (QED) is 0.590. The summed E-state index contributed by atoms with van der Waals surface area (Å²) in [5.74, 6) is -0.119. The minimum absolute atomic E-state index is 0.314. The van der Waals surface area contributed by atoms with Gasteiger partial charge in [-0.3, -0.25) is 0 Å². The molecule has 0 saturated carbocycles. The van der Waals surface area contributed by atoms with Gasteiger partial charge in [0.15, 0.2) is 0 Å². The van der Waals surface area contributed by atoms with Crippen molar-refractivity contribution in [2.24, 2.45) is 0 Å². The number of aliphatic hydroxyl groups is 1. The smallest absolute Gasteiger partial charge is 0.340 e. The van der Waals surface area contributed by atoms with E-state index < -0.39 is 11.6 Å². The molecule has 0 aromatic carbocycles. The summed E-state index contributed by atoms with van der Waals surface area (Å²) < 4.78 is 5.47. The highest BCUT2D eigenvalue weighted by Crippen LogP contribution is 2.31. The number of allylic oxidation sites excluding steroid dienone is 4.